The molecular weight excluding hydrogens is 576 g/mol. The zero-order valence-corrected chi connectivity index (χ0v) is 27.3. The fourth-order valence-corrected chi connectivity index (χ4v) is 6.44. The van der Waals surface area contributed by atoms with E-state index >= 15 is 0 Å². The molecule has 0 aliphatic carbocycles. The van der Waals surface area contributed by atoms with Crippen molar-refractivity contribution >= 4 is 34.7 Å². The van der Waals surface area contributed by atoms with Crippen LogP contribution in [-0.2, 0) is 12.5 Å². The van der Waals surface area contributed by atoms with Crippen LogP contribution in [0.15, 0.2) is 71.7 Å². The SMILES string of the molecule is Cc1c(NC(=O)c2ccc3c(c2)N(C)CCC3(C)C)cccc1-c1cn(C)c(=O)c(Nc2ccc(C(=O)N3CCCCC3)cc2)n1. The van der Waals surface area contributed by atoms with Gasteiger partial charge < -0.3 is 25.0 Å². The minimum atomic E-state index is -0.278. The predicted molar refractivity (Wildman–Crippen MR) is 184 cm³/mol. The summed E-state index contributed by atoms with van der Waals surface area (Å²) in [6.45, 7) is 8.96. The number of nitrogens with zero attached hydrogens (tertiary/aromatic N) is 4. The topological polar surface area (TPSA) is 99.6 Å². The molecule has 2 aliphatic rings. The van der Waals surface area contributed by atoms with Crippen LogP contribution in [0.4, 0.5) is 22.9 Å². The van der Waals surface area contributed by atoms with Crippen molar-refractivity contribution in [2.24, 2.45) is 7.05 Å². The second kappa shape index (κ2) is 12.5. The molecule has 46 heavy (non-hydrogen) atoms. The first kappa shape index (κ1) is 31.1. The van der Waals surface area contributed by atoms with Gasteiger partial charge in [-0.1, -0.05) is 32.0 Å². The van der Waals surface area contributed by atoms with Gasteiger partial charge in [-0.2, -0.15) is 0 Å². The molecule has 6 rings (SSSR count). The Balaban J connectivity index is 1.22. The maximum absolute atomic E-state index is 13.5. The lowest BCUT2D eigenvalue weighted by Gasteiger charge is -2.38. The number of anilines is 4. The zero-order chi connectivity index (χ0) is 32.6. The second-order valence-electron chi connectivity index (χ2n) is 13.2. The number of fused-ring (bicyclic) bond motifs is 1. The van der Waals surface area contributed by atoms with E-state index < -0.39 is 0 Å². The highest BCUT2D eigenvalue weighted by molar-refractivity contribution is 6.06. The summed E-state index contributed by atoms with van der Waals surface area (Å²) >= 11 is 0. The van der Waals surface area contributed by atoms with Crippen LogP contribution in [0.25, 0.3) is 11.3 Å². The van der Waals surface area contributed by atoms with Crippen molar-refractivity contribution in [2.45, 2.75) is 51.9 Å². The normalized spacial score (nSPS) is 15.7. The summed E-state index contributed by atoms with van der Waals surface area (Å²) < 4.78 is 1.49. The second-order valence-corrected chi connectivity index (χ2v) is 13.2. The van der Waals surface area contributed by atoms with E-state index in [1.165, 1.54) is 10.1 Å². The Kier molecular flexibility index (Phi) is 8.42. The van der Waals surface area contributed by atoms with E-state index in [1.807, 2.05) is 42.2 Å². The molecule has 9 nitrogen and oxygen atoms in total. The fraction of sp³-hybridized carbons (Fsp3) is 0.351. The smallest absolute Gasteiger partial charge is 0.293 e. The molecule has 2 N–H and O–H groups in total. The number of hydrogen-bond acceptors (Lipinski definition) is 6. The first-order valence-electron chi connectivity index (χ1n) is 16.0. The molecule has 9 heteroatoms. The van der Waals surface area contributed by atoms with Gasteiger partial charge in [-0.05, 0) is 91.6 Å². The van der Waals surface area contributed by atoms with Crippen LogP contribution in [0.3, 0.4) is 0 Å². The highest BCUT2D eigenvalue weighted by Crippen LogP contribution is 2.39. The third-order valence-corrected chi connectivity index (χ3v) is 9.44. The molecule has 0 bridgehead atoms. The van der Waals surface area contributed by atoms with Crippen molar-refractivity contribution < 1.29 is 9.59 Å². The Bertz CT molecular complexity index is 1850. The average molecular weight is 619 g/mol. The molecular formula is C37H42N6O3. The third kappa shape index (κ3) is 6.14. The molecule has 1 aromatic heterocycles. The van der Waals surface area contributed by atoms with Gasteiger partial charge in [-0.25, -0.2) is 4.98 Å². The molecule has 0 atom stereocenters. The zero-order valence-electron chi connectivity index (χ0n) is 27.3. The number of aryl methyl sites for hydroxylation is 1. The summed E-state index contributed by atoms with van der Waals surface area (Å²) in [4.78, 5) is 48.2. The van der Waals surface area contributed by atoms with Gasteiger partial charge in [0.2, 0.25) is 0 Å². The molecule has 2 aliphatic heterocycles. The number of rotatable bonds is 6. The van der Waals surface area contributed by atoms with Crippen molar-refractivity contribution in [3.63, 3.8) is 0 Å². The maximum atomic E-state index is 13.5. The van der Waals surface area contributed by atoms with Crippen LogP contribution >= 0.6 is 0 Å². The third-order valence-electron chi connectivity index (χ3n) is 9.44. The maximum Gasteiger partial charge on any atom is 0.293 e. The number of benzene rings is 3. The summed E-state index contributed by atoms with van der Waals surface area (Å²) in [7, 11) is 3.76. The first-order valence-corrected chi connectivity index (χ1v) is 16.0. The molecule has 3 heterocycles. The van der Waals surface area contributed by atoms with Crippen LogP contribution in [0.2, 0.25) is 0 Å². The molecule has 0 saturated carbocycles. The van der Waals surface area contributed by atoms with Gasteiger partial charge in [0.25, 0.3) is 17.4 Å². The largest absolute Gasteiger partial charge is 0.374 e. The van der Waals surface area contributed by atoms with E-state index in [9.17, 15) is 14.4 Å². The van der Waals surface area contributed by atoms with Gasteiger partial charge in [-0.3, -0.25) is 14.4 Å². The van der Waals surface area contributed by atoms with Crippen LogP contribution in [0.1, 0.15) is 71.4 Å². The van der Waals surface area contributed by atoms with Gasteiger partial charge in [0.15, 0.2) is 5.82 Å². The van der Waals surface area contributed by atoms with Crippen molar-refractivity contribution in [3.8, 4) is 11.3 Å². The van der Waals surface area contributed by atoms with E-state index in [0.29, 0.717) is 28.2 Å². The van der Waals surface area contributed by atoms with E-state index in [4.69, 9.17) is 4.98 Å². The first-order chi connectivity index (χ1) is 22.0. The molecule has 0 unspecified atom stereocenters. The monoisotopic (exact) mass is 618 g/mol. The van der Waals surface area contributed by atoms with Crippen molar-refractivity contribution in [2.75, 3.05) is 42.2 Å². The van der Waals surface area contributed by atoms with Crippen LogP contribution in [-0.4, -0.2) is 52.9 Å². The van der Waals surface area contributed by atoms with Crippen LogP contribution in [0, 0.1) is 6.92 Å². The summed E-state index contributed by atoms with van der Waals surface area (Å²) in [5.74, 6) is 0.0236. The number of carbonyl (C=O) groups excluding carboxylic acids is 2. The Morgan fingerprint density at radius 2 is 1.61 bits per heavy atom. The molecule has 4 aromatic rings. The minimum absolute atomic E-state index is 0.0349. The van der Waals surface area contributed by atoms with E-state index in [2.05, 4.69) is 42.5 Å². The van der Waals surface area contributed by atoms with E-state index in [0.717, 1.165) is 62.1 Å². The molecule has 1 fully saturated rings. The number of carbonyl (C=O) groups is 2. The summed E-state index contributed by atoms with van der Waals surface area (Å²) in [5.41, 5.74) is 6.92. The lowest BCUT2D eigenvalue weighted by Crippen LogP contribution is -2.35. The quantitative estimate of drug-likeness (QED) is 0.256. The number of nitrogens with one attached hydrogen (secondary N) is 2. The summed E-state index contributed by atoms with van der Waals surface area (Å²) in [5, 5.41) is 6.24. The van der Waals surface area contributed by atoms with Gasteiger partial charge in [0.1, 0.15) is 0 Å². The van der Waals surface area contributed by atoms with Gasteiger partial charge in [0.05, 0.1) is 5.69 Å². The van der Waals surface area contributed by atoms with E-state index in [-0.39, 0.29) is 28.6 Å². The van der Waals surface area contributed by atoms with Gasteiger partial charge >= 0.3 is 0 Å². The molecule has 1 saturated heterocycles. The van der Waals surface area contributed by atoms with Crippen LogP contribution in [0.5, 0.6) is 0 Å². The number of likely N-dealkylation sites (tertiary alicyclic amines) is 1. The predicted octanol–water partition coefficient (Wildman–Crippen LogP) is 6.50. The number of amides is 2. The number of hydrogen-bond donors (Lipinski definition) is 2. The summed E-state index contributed by atoms with van der Waals surface area (Å²) in [6, 6.07) is 18.8. The lowest BCUT2D eigenvalue weighted by atomic mass is 9.77. The van der Waals surface area contributed by atoms with Crippen LogP contribution < -0.4 is 21.1 Å². The van der Waals surface area contributed by atoms with Crippen molar-refractivity contribution in [3.05, 3.63) is 99.5 Å². The van der Waals surface area contributed by atoms with Gasteiger partial charge in [0, 0.05) is 73.7 Å². The molecule has 0 spiro atoms. The molecule has 238 valence electrons. The fourth-order valence-electron chi connectivity index (χ4n) is 6.44. The van der Waals surface area contributed by atoms with Gasteiger partial charge in [-0.15, -0.1) is 0 Å². The Hall–Kier alpha value is -4.92. The molecule has 0 radical (unpaired) electrons. The Labute approximate surface area is 270 Å². The van der Waals surface area contributed by atoms with E-state index in [1.54, 1.807) is 37.5 Å². The Morgan fingerprint density at radius 3 is 2.35 bits per heavy atom. The Morgan fingerprint density at radius 1 is 0.891 bits per heavy atom. The molecule has 2 amide bonds. The average Bonchev–Trinajstić information content (AvgIpc) is 3.06. The summed E-state index contributed by atoms with van der Waals surface area (Å²) in [6.07, 6.45) is 6.00. The van der Waals surface area contributed by atoms with Crippen molar-refractivity contribution in [1.29, 1.82) is 0 Å². The number of piperidine rings is 1. The highest BCUT2D eigenvalue weighted by Gasteiger charge is 2.30. The standard InChI is InChI=1S/C37H42N6O3/c1-24-28(10-9-11-30(24)40-34(44)26-14-17-29-32(22-26)41(4)21-18-37(29,2)3)31-23-42(5)36(46)33(39-31)38-27-15-12-25(13-16-27)35(45)43-19-7-6-8-20-43/h9-17,22-23H,6-8,18-21H2,1-5H3,(H,38,39)(H,40,44). The lowest BCUT2D eigenvalue weighted by molar-refractivity contribution is 0.0724. The van der Waals surface area contributed by atoms with Crippen molar-refractivity contribution in [1.82, 2.24) is 14.5 Å². The highest BCUT2D eigenvalue weighted by atomic mass is 16.2. The number of aromatic nitrogens is 2. The molecule has 3 aromatic carbocycles. The minimum Gasteiger partial charge on any atom is -0.374 e.